The SMILES string of the molecule is C[C@@H](N)[C@H](N)c1ccc(F)cc1. The molecule has 66 valence electrons. The number of halogens is 1. The molecule has 0 aliphatic carbocycles. The third-order valence-corrected chi connectivity index (χ3v) is 1.82. The van der Waals surface area contributed by atoms with E-state index in [0.717, 1.165) is 5.56 Å². The fourth-order valence-electron chi connectivity index (χ4n) is 0.989. The quantitative estimate of drug-likeness (QED) is 0.696. The average molecular weight is 168 g/mol. The maximum Gasteiger partial charge on any atom is 0.123 e. The van der Waals surface area contributed by atoms with E-state index in [2.05, 4.69) is 0 Å². The molecule has 1 aromatic rings. The molecule has 12 heavy (non-hydrogen) atoms. The van der Waals surface area contributed by atoms with Crippen molar-refractivity contribution >= 4 is 0 Å². The minimum Gasteiger partial charge on any atom is -0.326 e. The maximum atomic E-state index is 12.5. The summed E-state index contributed by atoms with van der Waals surface area (Å²) < 4.78 is 12.5. The summed E-state index contributed by atoms with van der Waals surface area (Å²) in [6.45, 7) is 1.83. The van der Waals surface area contributed by atoms with Crippen LogP contribution in [0.3, 0.4) is 0 Å². The Bertz CT molecular complexity index is 243. The summed E-state index contributed by atoms with van der Waals surface area (Å²) in [6.07, 6.45) is 0. The van der Waals surface area contributed by atoms with Crippen LogP contribution in [0.2, 0.25) is 0 Å². The van der Waals surface area contributed by atoms with E-state index in [4.69, 9.17) is 11.5 Å². The highest BCUT2D eigenvalue weighted by atomic mass is 19.1. The molecule has 2 atom stereocenters. The van der Waals surface area contributed by atoms with Crippen LogP contribution in [-0.4, -0.2) is 6.04 Å². The van der Waals surface area contributed by atoms with Gasteiger partial charge in [0.05, 0.1) is 0 Å². The summed E-state index contributed by atoms with van der Waals surface area (Å²) in [4.78, 5) is 0. The minimum absolute atomic E-state index is 0.115. The number of hydrogen-bond donors (Lipinski definition) is 2. The molecule has 0 heterocycles. The van der Waals surface area contributed by atoms with Crippen LogP contribution >= 0.6 is 0 Å². The molecule has 3 heteroatoms. The van der Waals surface area contributed by atoms with Gasteiger partial charge in [0.15, 0.2) is 0 Å². The topological polar surface area (TPSA) is 52.0 Å². The van der Waals surface area contributed by atoms with Crippen molar-refractivity contribution in [3.05, 3.63) is 35.6 Å². The smallest absolute Gasteiger partial charge is 0.123 e. The molecule has 0 radical (unpaired) electrons. The average Bonchev–Trinajstić information content (AvgIpc) is 2.04. The largest absolute Gasteiger partial charge is 0.326 e. The summed E-state index contributed by atoms with van der Waals surface area (Å²) in [6, 6.07) is 5.75. The molecule has 4 N–H and O–H groups in total. The molecule has 0 aromatic heterocycles. The highest BCUT2D eigenvalue weighted by molar-refractivity contribution is 5.20. The molecule has 2 nitrogen and oxygen atoms in total. The Labute approximate surface area is 71.4 Å². The Balaban J connectivity index is 2.82. The van der Waals surface area contributed by atoms with Gasteiger partial charge in [-0.2, -0.15) is 0 Å². The first-order valence-corrected chi connectivity index (χ1v) is 3.88. The first-order valence-electron chi connectivity index (χ1n) is 3.88. The molecule has 0 aliphatic heterocycles. The van der Waals surface area contributed by atoms with E-state index in [-0.39, 0.29) is 17.9 Å². The van der Waals surface area contributed by atoms with Gasteiger partial charge in [-0.25, -0.2) is 4.39 Å². The maximum absolute atomic E-state index is 12.5. The van der Waals surface area contributed by atoms with Gasteiger partial charge in [0.2, 0.25) is 0 Å². The zero-order valence-corrected chi connectivity index (χ0v) is 7.00. The van der Waals surface area contributed by atoms with Gasteiger partial charge in [-0.15, -0.1) is 0 Å². The first kappa shape index (κ1) is 9.16. The number of rotatable bonds is 2. The molecule has 0 spiro atoms. The van der Waals surface area contributed by atoms with Crippen LogP contribution in [0.15, 0.2) is 24.3 Å². The number of benzene rings is 1. The van der Waals surface area contributed by atoms with Crippen molar-refractivity contribution in [3.8, 4) is 0 Å². The van der Waals surface area contributed by atoms with Crippen LogP contribution in [0.25, 0.3) is 0 Å². The standard InChI is InChI=1S/C9H13FN2/c1-6(11)9(12)7-2-4-8(10)5-3-7/h2-6,9H,11-12H2,1H3/t6-,9+/m1/s1. The Hall–Kier alpha value is -0.930. The van der Waals surface area contributed by atoms with Gasteiger partial charge in [-0.1, -0.05) is 12.1 Å². The van der Waals surface area contributed by atoms with Gasteiger partial charge in [-0.3, -0.25) is 0 Å². The van der Waals surface area contributed by atoms with Gasteiger partial charge < -0.3 is 11.5 Å². The van der Waals surface area contributed by atoms with Crippen molar-refractivity contribution < 1.29 is 4.39 Å². The van der Waals surface area contributed by atoms with E-state index in [0.29, 0.717) is 0 Å². The lowest BCUT2D eigenvalue weighted by atomic mass is 10.0. The molecule has 1 rings (SSSR count). The summed E-state index contributed by atoms with van der Waals surface area (Å²) in [5, 5.41) is 0. The first-order chi connectivity index (χ1) is 5.61. The molecule has 0 saturated heterocycles. The van der Waals surface area contributed by atoms with Crippen molar-refractivity contribution in [2.75, 3.05) is 0 Å². The molecule has 0 bridgehead atoms. The van der Waals surface area contributed by atoms with Crippen molar-refractivity contribution in [1.29, 1.82) is 0 Å². The van der Waals surface area contributed by atoms with Gasteiger partial charge in [0, 0.05) is 12.1 Å². The molecule has 0 unspecified atom stereocenters. The van der Waals surface area contributed by atoms with Crippen LogP contribution in [0.1, 0.15) is 18.5 Å². The predicted molar refractivity (Wildman–Crippen MR) is 47.0 cm³/mol. The Morgan fingerprint density at radius 1 is 1.17 bits per heavy atom. The summed E-state index contributed by atoms with van der Waals surface area (Å²) in [5.74, 6) is -0.254. The second-order valence-electron chi connectivity index (χ2n) is 2.94. The summed E-state index contributed by atoms with van der Waals surface area (Å²) in [5.41, 5.74) is 12.2. The van der Waals surface area contributed by atoms with E-state index in [1.807, 2.05) is 6.92 Å². The Morgan fingerprint density at radius 2 is 1.67 bits per heavy atom. The predicted octanol–water partition coefficient (Wildman–Crippen LogP) is 1.17. The van der Waals surface area contributed by atoms with Gasteiger partial charge in [-0.05, 0) is 24.6 Å². The zero-order chi connectivity index (χ0) is 9.14. The monoisotopic (exact) mass is 168 g/mol. The lowest BCUT2D eigenvalue weighted by Crippen LogP contribution is -2.30. The van der Waals surface area contributed by atoms with Crippen LogP contribution in [0, 0.1) is 5.82 Å². The molecule has 0 fully saturated rings. The van der Waals surface area contributed by atoms with Crippen molar-refractivity contribution in [1.82, 2.24) is 0 Å². The molecular weight excluding hydrogens is 155 g/mol. The van der Waals surface area contributed by atoms with Crippen molar-refractivity contribution in [3.63, 3.8) is 0 Å². The second-order valence-corrected chi connectivity index (χ2v) is 2.94. The molecular formula is C9H13FN2. The van der Waals surface area contributed by atoms with E-state index in [9.17, 15) is 4.39 Å². The normalized spacial score (nSPS) is 15.7. The summed E-state index contributed by atoms with van der Waals surface area (Å²) in [7, 11) is 0. The third kappa shape index (κ3) is 2.03. The van der Waals surface area contributed by atoms with E-state index in [1.54, 1.807) is 12.1 Å². The fraction of sp³-hybridized carbons (Fsp3) is 0.333. The third-order valence-electron chi connectivity index (χ3n) is 1.82. The fourth-order valence-corrected chi connectivity index (χ4v) is 0.989. The number of hydrogen-bond acceptors (Lipinski definition) is 2. The van der Waals surface area contributed by atoms with E-state index >= 15 is 0 Å². The highest BCUT2D eigenvalue weighted by Gasteiger charge is 2.09. The van der Waals surface area contributed by atoms with Gasteiger partial charge in [0.1, 0.15) is 5.82 Å². The molecule has 0 aliphatic rings. The Morgan fingerprint density at radius 3 is 2.08 bits per heavy atom. The van der Waals surface area contributed by atoms with Gasteiger partial charge >= 0.3 is 0 Å². The summed E-state index contributed by atoms with van der Waals surface area (Å²) >= 11 is 0. The molecule has 0 amide bonds. The lowest BCUT2D eigenvalue weighted by Gasteiger charge is -2.15. The van der Waals surface area contributed by atoms with Crippen LogP contribution < -0.4 is 11.5 Å². The van der Waals surface area contributed by atoms with Crippen LogP contribution in [0.4, 0.5) is 4.39 Å². The molecule has 0 saturated carbocycles. The Kier molecular flexibility index (Phi) is 2.78. The van der Waals surface area contributed by atoms with Crippen molar-refractivity contribution in [2.24, 2.45) is 11.5 Å². The lowest BCUT2D eigenvalue weighted by molar-refractivity contribution is 0.584. The van der Waals surface area contributed by atoms with Crippen LogP contribution in [-0.2, 0) is 0 Å². The van der Waals surface area contributed by atoms with Gasteiger partial charge in [0.25, 0.3) is 0 Å². The highest BCUT2D eigenvalue weighted by Crippen LogP contribution is 2.12. The number of nitrogens with two attached hydrogens (primary N) is 2. The van der Waals surface area contributed by atoms with E-state index < -0.39 is 0 Å². The molecule has 1 aromatic carbocycles. The van der Waals surface area contributed by atoms with Crippen LogP contribution in [0.5, 0.6) is 0 Å². The van der Waals surface area contributed by atoms with E-state index in [1.165, 1.54) is 12.1 Å². The van der Waals surface area contributed by atoms with Crippen molar-refractivity contribution in [2.45, 2.75) is 19.0 Å². The second kappa shape index (κ2) is 3.65. The zero-order valence-electron chi connectivity index (χ0n) is 7.00. The minimum atomic E-state index is -0.254.